The Labute approximate surface area is 118 Å². The Bertz CT molecular complexity index is 708. The van der Waals surface area contributed by atoms with E-state index in [2.05, 4.69) is 14.9 Å². The van der Waals surface area contributed by atoms with Gasteiger partial charge >= 0.3 is 0 Å². The molecule has 0 aliphatic heterocycles. The highest BCUT2D eigenvalue weighted by Crippen LogP contribution is 2.09. The van der Waals surface area contributed by atoms with Gasteiger partial charge < -0.3 is 0 Å². The normalized spacial score (nSPS) is 12.2. The van der Waals surface area contributed by atoms with E-state index in [1.54, 1.807) is 49.5 Å². The van der Waals surface area contributed by atoms with Crippen LogP contribution in [0.5, 0.6) is 0 Å². The van der Waals surface area contributed by atoms with Crippen LogP contribution in [-0.2, 0) is 10.0 Å². The van der Waals surface area contributed by atoms with Gasteiger partial charge in [0.25, 0.3) is 10.0 Å². The van der Waals surface area contributed by atoms with E-state index in [1.807, 2.05) is 13.0 Å². The summed E-state index contributed by atoms with van der Waals surface area (Å²) in [4.78, 5) is 6.49. The van der Waals surface area contributed by atoms with E-state index in [1.165, 1.54) is 0 Å². The number of nitrogens with zero attached hydrogens (tertiary/aromatic N) is 2. The Balaban J connectivity index is 2.19. The number of aromatic nitrogens is 1. The SMILES string of the molecule is C/C(=N\NS(=O)(=O)c1ccc(C)cc1)c1ccccn1. The summed E-state index contributed by atoms with van der Waals surface area (Å²) in [5.74, 6) is 0. The fourth-order valence-corrected chi connectivity index (χ4v) is 2.39. The standard InChI is InChI=1S/C14H15N3O2S/c1-11-6-8-13(9-7-11)20(18,19)17-16-12(2)14-5-3-4-10-15-14/h3-10,17H,1-2H3/b16-12+. The summed E-state index contributed by atoms with van der Waals surface area (Å²) >= 11 is 0. The van der Waals surface area contributed by atoms with Crippen molar-refractivity contribution >= 4 is 15.7 Å². The van der Waals surface area contributed by atoms with Gasteiger partial charge in [-0.05, 0) is 38.1 Å². The first-order valence-corrected chi connectivity index (χ1v) is 7.51. The largest absolute Gasteiger partial charge is 0.276 e. The molecule has 20 heavy (non-hydrogen) atoms. The zero-order valence-electron chi connectivity index (χ0n) is 11.2. The van der Waals surface area contributed by atoms with Crippen molar-refractivity contribution in [3.05, 3.63) is 59.9 Å². The van der Waals surface area contributed by atoms with Gasteiger partial charge in [-0.15, -0.1) is 0 Å². The molecule has 1 N–H and O–H groups in total. The average molecular weight is 289 g/mol. The van der Waals surface area contributed by atoms with Crippen molar-refractivity contribution in [3.63, 3.8) is 0 Å². The topological polar surface area (TPSA) is 71.4 Å². The molecular weight excluding hydrogens is 274 g/mol. The molecule has 0 radical (unpaired) electrons. The van der Waals surface area contributed by atoms with Crippen molar-refractivity contribution in [1.82, 2.24) is 9.82 Å². The molecule has 0 fully saturated rings. The molecule has 1 heterocycles. The third-order valence-electron chi connectivity index (χ3n) is 2.70. The molecule has 2 aromatic rings. The van der Waals surface area contributed by atoms with Crippen molar-refractivity contribution < 1.29 is 8.42 Å². The van der Waals surface area contributed by atoms with Crippen molar-refractivity contribution in [2.75, 3.05) is 0 Å². The summed E-state index contributed by atoms with van der Waals surface area (Å²) < 4.78 is 24.1. The lowest BCUT2D eigenvalue weighted by Crippen LogP contribution is -2.20. The van der Waals surface area contributed by atoms with Crippen molar-refractivity contribution in [2.24, 2.45) is 5.10 Å². The second-order valence-electron chi connectivity index (χ2n) is 4.32. The lowest BCUT2D eigenvalue weighted by atomic mass is 10.2. The van der Waals surface area contributed by atoms with Gasteiger partial charge in [0.2, 0.25) is 0 Å². The minimum Gasteiger partial charge on any atom is -0.255 e. The van der Waals surface area contributed by atoms with Crippen LogP contribution < -0.4 is 4.83 Å². The first kappa shape index (κ1) is 14.2. The highest BCUT2D eigenvalue weighted by atomic mass is 32.2. The summed E-state index contributed by atoms with van der Waals surface area (Å²) in [6.07, 6.45) is 1.63. The smallest absolute Gasteiger partial charge is 0.255 e. The minimum atomic E-state index is -3.65. The summed E-state index contributed by atoms with van der Waals surface area (Å²) in [6, 6.07) is 11.9. The van der Waals surface area contributed by atoms with E-state index in [0.717, 1.165) is 5.56 Å². The van der Waals surface area contributed by atoms with Gasteiger partial charge in [0.15, 0.2) is 0 Å². The van der Waals surface area contributed by atoms with Crippen LogP contribution in [0.15, 0.2) is 58.7 Å². The van der Waals surface area contributed by atoms with Crippen LogP contribution in [-0.4, -0.2) is 19.1 Å². The fraction of sp³-hybridized carbons (Fsp3) is 0.143. The van der Waals surface area contributed by atoms with E-state index in [4.69, 9.17) is 0 Å². The first-order valence-electron chi connectivity index (χ1n) is 6.03. The molecule has 0 saturated heterocycles. The van der Waals surface area contributed by atoms with Crippen molar-refractivity contribution in [3.8, 4) is 0 Å². The molecule has 5 nitrogen and oxygen atoms in total. The van der Waals surface area contributed by atoms with Gasteiger partial charge in [-0.1, -0.05) is 23.8 Å². The van der Waals surface area contributed by atoms with Gasteiger partial charge in [0.1, 0.15) is 0 Å². The number of aryl methyl sites for hydroxylation is 1. The summed E-state index contributed by atoms with van der Waals surface area (Å²) in [6.45, 7) is 3.59. The van der Waals surface area contributed by atoms with Gasteiger partial charge in [-0.3, -0.25) is 4.98 Å². The van der Waals surface area contributed by atoms with E-state index < -0.39 is 10.0 Å². The van der Waals surface area contributed by atoms with E-state index in [0.29, 0.717) is 11.4 Å². The van der Waals surface area contributed by atoms with Gasteiger partial charge in [0.05, 0.1) is 16.3 Å². The lowest BCUT2D eigenvalue weighted by molar-refractivity contribution is 0.584. The van der Waals surface area contributed by atoms with E-state index in [-0.39, 0.29) is 4.90 Å². The lowest BCUT2D eigenvalue weighted by Gasteiger charge is -2.05. The predicted molar refractivity (Wildman–Crippen MR) is 77.9 cm³/mol. The van der Waals surface area contributed by atoms with Crippen LogP contribution in [0.1, 0.15) is 18.2 Å². The second kappa shape index (κ2) is 5.83. The summed E-state index contributed by atoms with van der Waals surface area (Å²) in [5, 5.41) is 3.88. The molecule has 0 spiro atoms. The molecule has 0 atom stereocenters. The van der Waals surface area contributed by atoms with Crippen LogP contribution in [0.2, 0.25) is 0 Å². The Morgan fingerprint density at radius 1 is 1.15 bits per heavy atom. The number of hydrogen-bond acceptors (Lipinski definition) is 4. The minimum absolute atomic E-state index is 0.181. The van der Waals surface area contributed by atoms with Crippen LogP contribution in [0, 0.1) is 6.92 Å². The number of pyridine rings is 1. The molecule has 0 saturated carbocycles. The number of sulfonamides is 1. The fourth-order valence-electron chi connectivity index (χ4n) is 1.53. The van der Waals surface area contributed by atoms with E-state index >= 15 is 0 Å². The number of benzene rings is 1. The Morgan fingerprint density at radius 2 is 1.85 bits per heavy atom. The third-order valence-corrected chi connectivity index (χ3v) is 3.92. The monoisotopic (exact) mass is 289 g/mol. The molecule has 6 heteroatoms. The van der Waals surface area contributed by atoms with Gasteiger partial charge in [0, 0.05) is 6.20 Å². The number of hydrogen-bond donors (Lipinski definition) is 1. The average Bonchev–Trinajstić information content (AvgIpc) is 2.46. The molecule has 1 aromatic heterocycles. The molecule has 0 aliphatic rings. The zero-order valence-corrected chi connectivity index (χ0v) is 12.1. The van der Waals surface area contributed by atoms with Crippen LogP contribution in [0.4, 0.5) is 0 Å². The maximum atomic E-state index is 12.0. The quantitative estimate of drug-likeness (QED) is 0.692. The number of nitrogens with one attached hydrogen (secondary N) is 1. The molecule has 0 aliphatic carbocycles. The molecular formula is C14H15N3O2S. The number of rotatable bonds is 4. The van der Waals surface area contributed by atoms with Crippen molar-refractivity contribution in [2.45, 2.75) is 18.7 Å². The Morgan fingerprint density at radius 3 is 2.45 bits per heavy atom. The summed E-state index contributed by atoms with van der Waals surface area (Å²) in [7, 11) is -3.65. The molecule has 0 unspecified atom stereocenters. The maximum Gasteiger partial charge on any atom is 0.276 e. The second-order valence-corrected chi connectivity index (χ2v) is 5.98. The molecule has 1 aromatic carbocycles. The Kier molecular flexibility index (Phi) is 4.14. The highest BCUT2D eigenvalue weighted by molar-refractivity contribution is 7.89. The molecule has 104 valence electrons. The van der Waals surface area contributed by atoms with Crippen LogP contribution in [0.25, 0.3) is 0 Å². The predicted octanol–water partition coefficient (Wildman–Crippen LogP) is 2.09. The third kappa shape index (κ3) is 3.42. The maximum absolute atomic E-state index is 12.0. The molecule has 0 bridgehead atoms. The molecule has 0 amide bonds. The van der Waals surface area contributed by atoms with Crippen molar-refractivity contribution in [1.29, 1.82) is 0 Å². The zero-order chi connectivity index (χ0) is 14.6. The van der Waals surface area contributed by atoms with Crippen LogP contribution >= 0.6 is 0 Å². The van der Waals surface area contributed by atoms with Crippen LogP contribution in [0.3, 0.4) is 0 Å². The number of hydrazone groups is 1. The molecule has 2 rings (SSSR count). The van der Waals surface area contributed by atoms with Gasteiger partial charge in [-0.25, -0.2) is 0 Å². The van der Waals surface area contributed by atoms with Gasteiger partial charge in [-0.2, -0.15) is 18.4 Å². The first-order chi connectivity index (χ1) is 9.49. The summed E-state index contributed by atoms with van der Waals surface area (Å²) in [5.41, 5.74) is 2.12. The van der Waals surface area contributed by atoms with E-state index in [9.17, 15) is 8.42 Å². The Hall–Kier alpha value is -2.21. The highest BCUT2D eigenvalue weighted by Gasteiger charge is 2.12.